The van der Waals surface area contributed by atoms with Gasteiger partial charge in [0.05, 0.1) is 0 Å². The number of carbonyl (C=O) groups excluding carboxylic acids is 1. The molecule has 0 saturated heterocycles. The van der Waals surface area contributed by atoms with E-state index >= 15 is 0 Å². The van der Waals surface area contributed by atoms with Crippen molar-refractivity contribution in [1.29, 1.82) is 0 Å². The summed E-state index contributed by atoms with van der Waals surface area (Å²) in [6.45, 7) is 2.39. The van der Waals surface area contributed by atoms with Crippen molar-refractivity contribution in [2.24, 2.45) is 0 Å². The van der Waals surface area contributed by atoms with E-state index in [-0.39, 0.29) is 31.1 Å². The van der Waals surface area contributed by atoms with Crippen LogP contribution in [-0.2, 0) is 4.79 Å². The number of hydrogen-bond acceptors (Lipinski definition) is 9. The number of aliphatic hydroxyl groups excluding tert-OH is 2. The number of nitrogens with two attached hydrogens (primary N) is 3. The minimum absolute atomic E-state index is 0.0417. The number of anilines is 3. The third kappa shape index (κ3) is 11.9. The van der Waals surface area contributed by atoms with E-state index in [4.69, 9.17) is 32.2 Å². The van der Waals surface area contributed by atoms with Crippen LogP contribution in [0.15, 0.2) is 0 Å². The summed E-state index contributed by atoms with van der Waals surface area (Å²) in [5.74, 6) is 0.125. The van der Waals surface area contributed by atoms with Gasteiger partial charge < -0.3 is 32.2 Å². The van der Waals surface area contributed by atoms with Gasteiger partial charge in [0.15, 0.2) is 0 Å². The van der Waals surface area contributed by atoms with Gasteiger partial charge in [-0.3, -0.25) is 0 Å². The summed E-state index contributed by atoms with van der Waals surface area (Å²) in [5.41, 5.74) is 15.4. The second-order valence-electron chi connectivity index (χ2n) is 2.56. The molecule has 1 aromatic heterocycles. The van der Waals surface area contributed by atoms with Crippen molar-refractivity contribution in [2.75, 3.05) is 30.4 Å². The van der Waals surface area contributed by atoms with E-state index in [0.29, 0.717) is 0 Å². The van der Waals surface area contributed by atoms with Crippen LogP contribution in [0.4, 0.5) is 17.8 Å². The smallest absolute Gasteiger partial charge is 0.226 e. The van der Waals surface area contributed by atoms with Crippen LogP contribution in [0, 0.1) is 0 Å². The van der Waals surface area contributed by atoms with Crippen LogP contribution in [0.25, 0.3) is 0 Å². The Morgan fingerprint density at radius 2 is 1.06 bits per heavy atom. The molecule has 0 amide bonds. The van der Waals surface area contributed by atoms with Gasteiger partial charge in [0.2, 0.25) is 17.8 Å². The predicted molar refractivity (Wildman–Crippen MR) is 63.6 cm³/mol. The first kappa shape index (κ1) is 17.4. The normalized spacial score (nSPS) is 8.35. The molecule has 0 atom stereocenters. The molecule has 0 radical (unpaired) electrons. The van der Waals surface area contributed by atoms with Crippen molar-refractivity contribution in [1.82, 2.24) is 15.0 Å². The van der Waals surface area contributed by atoms with Gasteiger partial charge in [0.25, 0.3) is 0 Å². The molecular weight excluding hydrogens is 228 g/mol. The van der Waals surface area contributed by atoms with Crippen LogP contribution in [-0.4, -0.2) is 45.2 Å². The first-order chi connectivity index (χ1) is 8.10. The summed E-state index contributed by atoms with van der Waals surface area (Å²) in [5, 5.41) is 16.2. The van der Waals surface area contributed by atoms with Crippen molar-refractivity contribution in [2.45, 2.75) is 12.8 Å². The first-order valence-corrected chi connectivity index (χ1v) is 4.63. The maximum Gasteiger partial charge on any atom is 0.226 e. The van der Waals surface area contributed by atoms with E-state index in [1.165, 1.54) is 0 Å². The maximum atomic E-state index is 8.09. The summed E-state index contributed by atoms with van der Waals surface area (Å²) >= 11 is 0. The Kier molecular flexibility index (Phi) is 12.4. The van der Waals surface area contributed by atoms with Crippen LogP contribution >= 0.6 is 0 Å². The molecule has 0 aliphatic rings. The van der Waals surface area contributed by atoms with E-state index in [1.54, 1.807) is 0 Å². The summed E-state index contributed by atoms with van der Waals surface area (Å²) in [6.07, 6.45) is 1.44. The fourth-order valence-electron chi connectivity index (χ4n) is 0.651. The average molecular weight is 246 g/mol. The van der Waals surface area contributed by atoms with Crippen LogP contribution in [0.1, 0.15) is 12.8 Å². The highest BCUT2D eigenvalue weighted by atomic mass is 16.3. The topological polar surface area (TPSA) is 174 Å². The highest BCUT2D eigenvalue weighted by molar-refractivity contribution is 5.33. The lowest BCUT2D eigenvalue weighted by Crippen LogP contribution is -2.05. The molecule has 0 aliphatic heterocycles. The van der Waals surface area contributed by atoms with Gasteiger partial charge in [-0.05, 0) is 12.8 Å². The molecule has 0 saturated carbocycles. The average Bonchev–Trinajstić information content (AvgIpc) is 2.28. The number of nitrogen functional groups attached to an aromatic ring is 3. The Bertz CT molecular complexity index is 244. The van der Waals surface area contributed by atoms with E-state index in [9.17, 15) is 0 Å². The number of rotatable bonds is 3. The van der Waals surface area contributed by atoms with Crippen LogP contribution < -0.4 is 17.2 Å². The molecule has 9 heteroatoms. The Morgan fingerprint density at radius 3 is 1.24 bits per heavy atom. The lowest BCUT2D eigenvalue weighted by atomic mass is 10.3. The third-order valence-corrected chi connectivity index (χ3v) is 1.25. The van der Waals surface area contributed by atoms with Gasteiger partial charge in [-0.15, -0.1) is 0 Å². The zero-order valence-electron chi connectivity index (χ0n) is 9.41. The molecule has 0 fully saturated rings. The monoisotopic (exact) mass is 246 g/mol. The quantitative estimate of drug-likeness (QED) is 0.384. The lowest BCUT2D eigenvalue weighted by molar-refractivity contribution is -0.0979. The van der Waals surface area contributed by atoms with Gasteiger partial charge in [0, 0.05) is 13.2 Å². The summed E-state index contributed by atoms with van der Waals surface area (Å²) in [6, 6.07) is 0. The minimum Gasteiger partial charge on any atom is -0.396 e. The predicted octanol–water partition coefficient (Wildman–Crippen LogP) is -1.82. The van der Waals surface area contributed by atoms with Crippen LogP contribution in [0.2, 0.25) is 0 Å². The van der Waals surface area contributed by atoms with Crippen LogP contribution in [0.5, 0.6) is 0 Å². The summed E-state index contributed by atoms with van der Waals surface area (Å²) < 4.78 is 0. The molecule has 0 bridgehead atoms. The Labute approximate surface area is 98.7 Å². The molecule has 0 spiro atoms. The van der Waals surface area contributed by atoms with Crippen molar-refractivity contribution in [3.05, 3.63) is 0 Å². The molecule has 98 valence electrons. The minimum atomic E-state index is 0.0417. The largest absolute Gasteiger partial charge is 0.396 e. The highest BCUT2D eigenvalue weighted by Gasteiger charge is 1.93. The molecule has 0 aromatic carbocycles. The van der Waals surface area contributed by atoms with Crippen LogP contribution in [0.3, 0.4) is 0 Å². The molecule has 17 heavy (non-hydrogen) atoms. The molecule has 0 unspecified atom stereocenters. The fourth-order valence-corrected chi connectivity index (χ4v) is 0.651. The van der Waals surface area contributed by atoms with E-state index in [1.807, 2.05) is 6.79 Å². The Balaban J connectivity index is 0. The van der Waals surface area contributed by atoms with Gasteiger partial charge in [-0.1, -0.05) is 0 Å². The Hall–Kier alpha value is -2.00. The maximum absolute atomic E-state index is 8.09. The zero-order chi connectivity index (χ0) is 13.7. The number of hydrogen-bond donors (Lipinski definition) is 5. The number of unbranched alkanes of at least 4 members (excludes halogenated alkanes) is 1. The molecule has 9 nitrogen and oxygen atoms in total. The van der Waals surface area contributed by atoms with Gasteiger partial charge >= 0.3 is 0 Å². The SMILES string of the molecule is C=O.Nc1nc(N)nc(N)n1.OCCCCO. The van der Waals surface area contributed by atoms with Crippen molar-refractivity contribution >= 4 is 24.6 Å². The zero-order valence-corrected chi connectivity index (χ0v) is 9.41. The number of nitrogens with zero attached hydrogens (tertiary/aromatic N) is 3. The second-order valence-corrected chi connectivity index (χ2v) is 2.56. The molecule has 1 rings (SSSR count). The second kappa shape index (κ2) is 12.1. The van der Waals surface area contributed by atoms with Crippen molar-refractivity contribution < 1.29 is 15.0 Å². The molecule has 1 heterocycles. The first-order valence-electron chi connectivity index (χ1n) is 4.63. The van der Waals surface area contributed by atoms with Gasteiger partial charge in [-0.25, -0.2) is 0 Å². The Morgan fingerprint density at radius 1 is 0.824 bits per heavy atom. The third-order valence-electron chi connectivity index (χ3n) is 1.25. The molecular formula is C8H18N6O3. The summed E-state index contributed by atoms with van der Waals surface area (Å²) in [4.78, 5) is 18.5. The van der Waals surface area contributed by atoms with Gasteiger partial charge in [-0.2, -0.15) is 15.0 Å². The van der Waals surface area contributed by atoms with Gasteiger partial charge in [0.1, 0.15) is 6.79 Å². The van der Waals surface area contributed by atoms with E-state index < -0.39 is 0 Å². The molecule has 1 aromatic rings. The standard InChI is InChI=1S/C4H10O2.C3H6N6.CH2O/c5-3-1-2-4-6;4-1-7-2(5)9-3(6)8-1;1-2/h5-6H,1-4H2;(H6,4,5,6,7,8,9);1H2. The van der Waals surface area contributed by atoms with E-state index in [2.05, 4.69) is 15.0 Å². The molecule has 0 aliphatic carbocycles. The summed E-state index contributed by atoms with van der Waals surface area (Å²) in [7, 11) is 0. The number of carbonyl (C=O) groups is 1. The molecule has 8 N–H and O–H groups in total. The fraction of sp³-hybridized carbons (Fsp3) is 0.500. The number of aliphatic hydroxyl groups is 2. The van der Waals surface area contributed by atoms with Crippen molar-refractivity contribution in [3.63, 3.8) is 0 Å². The van der Waals surface area contributed by atoms with E-state index in [0.717, 1.165) is 12.8 Å². The van der Waals surface area contributed by atoms with Crippen molar-refractivity contribution in [3.8, 4) is 0 Å². The highest BCUT2D eigenvalue weighted by Crippen LogP contribution is 1.97. The number of aromatic nitrogens is 3. The lowest BCUT2D eigenvalue weighted by Gasteiger charge is -1.93.